The van der Waals surface area contributed by atoms with Gasteiger partial charge in [-0.1, -0.05) is 60.7 Å². The number of ether oxygens (including phenoxy) is 2. The van der Waals surface area contributed by atoms with Gasteiger partial charge in [0.2, 0.25) is 0 Å². The fourth-order valence-electron chi connectivity index (χ4n) is 3.24. The molecule has 0 fully saturated rings. The van der Waals surface area contributed by atoms with Gasteiger partial charge in [-0.15, -0.1) is 0 Å². The van der Waals surface area contributed by atoms with Crippen LogP contribution in [0.2, 0.25) is 0 Å². The number of amides is 1. The van der Waals surface area contributed by atoms with Crippen molar-refractivity contribution in [1.82, 2.24) is 5.43 Å². The quantitative estimate of drug-likeness (QED) is 0.162. The standard InChI is InChI=1S/C29H24N2O4/c1-21(34-26-18-14-24(15-19-26)23-8-4-2-5-9-23)28(32)31-30-20-22-12-16-27(17-13-22)35-29(33)25-10-6-3-7-11-25/h2-21H,1H3,(H,31,32)/b30-20+. The van der Waals surface area contributed by atoms with Crippen molar-refractivity contribution < 1.29 is 19.1 Å². The van der Waals surface area contributed by atoms with E-state index in [2.05, 4.69) is 10.5 Å². The Bertz CT molecular complexity index is 1290. The van der Waals surface area contributed by atoms with Gasteiger partial charge in [0.1, 0.15) is 11.5 Å². The van der Waals surface area contributed by atoms with Gasteiger partial charge in [0, 0.05) is 0 Å². The van der Waals surface area contributed by atoms with Crippen LogP contribution in [0.4, 0.5) is 0 Å². The van der Waals surface area contributed by atoms with Crippen LogP contribution < -0.4 is 14.9 Å². The Labute approximate surface area is 203 Å². The van der Waals surface area contributed by atoms with Crippen LogP contribution >= 0.6 is 0 Å². The third-order valence-electron chi connectivity index (χ3n) is 5.13. The second-order valence-electron chi connectivity index (χ2n) is 7.71. The van der Waals surface area contributed by atoms with Gasteiger partial charge in [0.15, 0.2) is 6.10 Å². The van der Waals surface area contributed by atoms with E-state index in [4.69, 9.17) is 9.47 Å². The van der Waals surface area contributed by atoms with Crippen LogP contribution in [-0.2, 0) is 4.79 Å². The molecule has 0 aliphatic heterocycles. The maximum absolute atomic E-state index is 12.3. The van der Waals surface area contributed by atoms with Crippen molar-refractivity contribution in [2.24, 2.45) is 5.10 Å². The molecule has 0 bridgehead atoms. The summed E-state index contributed by atoms with van der Waals surface area (Å²) in [6, 6.07) is 33.2. The molecule has 0 heterocycles. The molecule has 1 amide bonds. The Kier molecular flexibility index (Phi) is 7.66. The Balaban J connectivity index is 1.26. The van der Waals surface area contributed by atoms with Gasteiger partial charge in [-0.2, -0.15) is 5.10 Å². The van der Waals surface area contributed by atoms with Gasteiger partial charge in [0.05, 0.1) is 11.8 Å². The predicted octanol–water partition coefficient (Wildman–Crippen LogP) is 5.49. The monoisotopic (exact) mass is 464 g/mol. The Morgan fingerprint density at radius 3 is 1.97 bits per heavy atom. The first-order valence-corrected chi connectivity index (χ1v) is 11.1. The van der Waals surface area contributed by atoms with Crippen LogP contribution in [0.3, 0.4) is 0 Å². The van der Waals surface area contributed by atoms with Gasteiger partial charge in [0.25, 0.3) is 5.91 Å². The normalized spacial score (nSPS) is 11.6. The number of benzene rings is 4. The van der Waals surface area contributed by atoms with E-state index < -0.39 is 12.1 Å². The van der Waals surface area contributed by atoms with Crippen molar-refractivity contribution in [2.45, 2.75) is 13.0 Å². The van der Waals surface area contributed by atoms with Crippen LogP contribution in [0.5, 0.6) is 11.5 Å². The summed E-state index contributed by atoms with van der Waals surface area (Å²) in [5.41, 5.74) is 5.87. The fraction of sp³-hybridized carbons (Fsp3) is 0.0690. The van der Waals surface area contributed by atoms with E-state index in [0.717, 1.165) is 16.7 Å². The zero-order valence-corrected chi connectivity index (χ0v) is 19.1. The van der Waals surface area contributed by atoms with E-state index in [9.17, 15) is 9.59 Å². The molecule has 0 aromatic heterocycles. The Morgan fingerprint density at radius 2 is 1.31 bits per heavy atom. The molecule has 174 valence electrons. The molecule has 0 aliphatic carbocycles. The first kappa shape index (κ1) is 23.4. The molecule has 6 nitrogen and oxygen atoms in total. The molecule has 4 aromatic carbocycles. The number of hydrogen-bond acceptors (Lipinski definition) is 5. The largest absolute Gasteiger partial charge is 0.481 e. The molecule has 1 unspecified atom stereocenters. The SMILES string of the molecule is CC(Oc1ccc(-c2ccccc2)cc1)C(=O)N/N=C/c1ccc(OC(=O)c2ccccc2)cc1. The fourth-order valence-corrected chi connectivity index (χ4v) is 3.24. The first-order chi connectivity index (χ1) is 17.1. The van der Waals surface area contributed by atoms with Gasteiger partial charge in [-0.25, -0.2) is 10.2 Å². The van der Waals surface area contributed by atoms with Crippen LogP contribution in [-0.4, -0.2) is 24.2 Å². The molecule has 0 radical (unpaired) electrons. The molecule has 0 saturated carbocycles. The van der Waals surface area contributed by atoms with Crippen LogP contribution in [0, 0.1) is 0 Å². The Hall–Kier alpha value is -4.71. The summed E-state index contributed by atoms with van der Waals surface area (Å²) < 4.78 is 11.1. The van der Waals surface area contributed by atoms with Crippen LogP contribution in [0.25, 0.3) is 11.1 Å². The summed E-state index contributed by atoms with van der Waals surface area (Å²) >= 11 is 0. The lowest BCUT2D eigenvalue weighted by atomic mass is 10.1. The predicted molar refractivity (Wildman–Crippen MR) is 136 cm³/mol. The highest BCUT2D eigenvalue weighted by atomic mass is 16.5. The Morgan fingerprint density at radius 1 is 0.743 bits per heavy atom. The maximum Gasteiger partial charge on any atom is 0.343 e. The summed E-state index contributed by atoms with van der Waals surface area (Å²) in [7, 11) is 0. The number of carbonyl (C=O) groups excluding carboxylic acids is 2. The molecule has 1 N–H and O–H groups in total. The van der Waals surface area contributed by atoms with Crippen molar-refractivity contribution >= 4 is 18.1 Å². The number of esters is 1. The lowest BCUT2D eigenvalue weighted by molar-refractivity contribution is -0.127. The number of rotatable bonds is 8. The summed E-state index contributed by atoms with van der Waals surface area (Å²) in [6.07, 6.45) is 0.775. The zero-order valence-electron chi connectivity index (χ0n) is 19.1. The maximum atomic E-state index is 12.3. The molecule has 0 spiro atoms. The zero-order chi connectivity index (χ0) is 24.5. The highest BCUT2D eigenvalue weighted by molar-refractivity contribution is 5.91. The van der Waals surface area contributed by atoms with Gasteiger partial charge in [-0.05, 0) is 72.1 Å². The highest BCUT2D eigenvalue weighted by Gasteiger charge is 2.14. The second kappa shape index (κ2) is 11.4. The van der Waals surface area contributed by atoms with Crippen molar-refractivity contribution in [3.8, 4) is 22.6 Å². The number of nitrogens with zero attached hydrogens (tertiary/aromatic N) is 1. The average Bonchev–Trinajstić information content (AvgIpc) is 2.91. The third kappa shape index (κ3) is 6.65. The molecule has 0 aliphatic rings. The molecule has 35 heavy (non-hydrogen) atoms. The van der Waals surface area contributed by atoms with E-state index in [0.29, 0.717) is 17.1 Å². The minimum absolute atomic E-state index is 0.373. The number of hydrazone groups is 1. The van der Waals surface area contributed by atoms with Crippen LogP contribution in [0.1, 0.15) is 22.8 Å². The van der Waals surface area contributed by atoms with E-state index in [1.165, 1.54) is 6.21 Å². The molecule has 0 saturated heterocycles. The van der Waals surface area contributed by atoms with Gasteiger partial charge >= 0.3 is 5.97 Å². The minimum Gasteiger partial charge on any atom is -0.481 e. The van der Waals surface area contributed by atoms with Crippen LogP contribution in [0.15, 0.2) is 114 Å². The van der Waals surface area contributed by atoms with E-state index >= 15 is 0 Å². The van der Waals surface area contributed by atoms with Crippen molar-refractivity contribution in [1.29, 1.82) is 0 Å². The first-order valence-electron chi connectivity index (χ1n) is 11.1. The van der Waals surface area contributed by atoms with Crippen molar-refractivity contribution in [3.63, 3.8) is 0 Å². The topological polar surface area (TPSA) is 77.0 Å². The highest BCUT2D eigenvalue weighted by Crippen LogP contribution is 2.22. The van der Waals surface area contributed by atoms with E-state index in [1.807, 2.05) is 60.7 Å². The lowest BCUT2D eigenvalue weighted by Crippen LogP contribution is -2.33. The molecular weight excluding hydrogens is 440 g/mol. The van der Waals surface area contributed by atoms with E-state index in [-0.39, 0.29) is 5.91 Å². The number of carbonyl (C=O) groups is 2. The smallest absolute Gasteiger partial charge is 0.343 e. The van der Waals surface area contributed by atoms with Gasteiger partial charge < -0.3 is 9.47 Å². The molecule has 1 atom stereocenters. The second-order valence-corrected chi connectivity index (χ2v) is 7.71. The minimum atomic E-state index is -0.727. The summed E-state index contributed by atoms with van der Waals surface area (Å²) in [4.78, 5) is 24.4. The lowest BCUT2D eigenvalue weighted by Gasteiger charge is -2.13. The molecular formula is C29H24N2O4. The molecule has 4 aromatic rings. The van der Waals surface area contributed by atoms with Gasteiger partial charge in [-0.3, -0.25) is 4.79 Å². The average molecular weight is 465 g/mol. The third-order valence-corrected chi connectivity index (χ3v) is 5.13. The summed E-state index contributed by atoms with van der Waals surface area (Å²) in [6.45, 7) is 1.66. The summed E-state index contributed by atoms with van der Waals surface area (Å²) in [5, 5.41) is 3.98. The van der Waals surface area contributed by atoms with Crippen molar-refractivity contribution in [2.75, 3.05) is 0 Å². The summed E-state index contributed by atoms with van der Waals surface area (Å²) in [5.74, 6) is 0.210. The molecule has 4 rings (SSSR count). The molecule has 6 heteroatoms. The van der Waals surface area contributed by atoms with Crippen molar-refractivity contribution in [3.05, 3.63) is 120 Å². The van der Waals surface area contributed by atoms with E-state index in [1.54, 1.807) is 55.5 Å². The number of hydrogen-bond donors (Lipinski definition) is 1. The number of nitrogens with one attached hydrogen (secondary N) is 1.